The van der Waals surface area contributed by atoms with Crippen molar-refractivity contribution in [3.63, 3.8) is 0 Å². The van der Waals surface area contributed by atoms with E-state index in [0.717, 1.165) is 16.6 Å². The molecule has 0 atom stereocenters. The molecular formula is C20H18N2O3. The first-order chi connectivity index (χ1) is 12.0. The first-order valence-electron chi connectivity index (χ1n) is 7.84. The van der Waals surface area contributed by atoms with Crippen LogP contribution in [-0.2, 0) is 11.8 Å². The molecule has 126 valence electrons. The molecule has 0 radical (unpaired) electrons. The van der Waals surface area contributed by atoms with Crippen molar-refractivity contribution in [1.82, 2.24) is 4.57 Å². The highest BCUT2D eigenvalue weighted by Gasteiger charge is 2.13. The van der Waals surface area contributed by atoms with Gasteiger partial charge in [-0.15, -0.1) is 0 Å². The second-order valence-electron chi connectivity index (χ2n) is 5.82. The number of aromatic nitrogens is 1. The Kier molecular flexibility index (Phi) is 4.39. The number of aryl methyl sites for hydroxylation is 1. The minimum atomic E-state index is -1.08. The van der Waals surface area contributed by atoms with Gasteiger partial charge in [0.2, 0.25) is 0 Å². The number of carboxylic acid groups (broad SMARTS) is 1. The topological polar surface area (TPSA) is 71.3 Å². The summed E-state index contributed by atoms with van der Waals surface area (Å²) < 4.78 is 2.01. The van der Waals surface area contributed by atoms with E-state index in [4.69, 9.17) is 0 Å². The van der Waals surface area contributed by atoms with E-state index in [1.54, 1.807) is 31.2 Å². The maximum atomic E-state index is 12.4. The number of carboxylic acids is 1. The van der Waals surface area contributed by atoms with Crippen LogP contribution in [0.2, 0.25) is 0 Å². The number of carbonyl (C=O) groups is 2. The van der Waals surface area contributed by atoms with Crippen LogP contribution in [0.4, 0.5) is 5.69 Å². The zero-order chi connectivity index (χ0) is 18.0. The Labute approximate surface area is 145 Å². The molecule has 0 aliphatic heterocycles. The summed E-state index contributed by atoms with van der Waals surface area (Å²) in [5.41, 5.74) is 2.82. The van der Waals surface area contributed by atoms with Gasteiger partial charge in [-0.25, -0.2) is 4.79 Å². The molecule has 1 aromatic heterocycles. The molecule has 0 spiro atoms. The average molecular weight is 334 g/mol. The molecule has 0 fully saturated rings. The third-order valence-corrected chi connectivity index (χ3v) is 4.12. The van der Waals surface area contributed by atoms with Gasteiger partial charge in [-0.1, -0.05) is 30.3 Å². The van der Waals surface area contributed by atoms with E-state index in [9.17, 15) is 14.7 Å². The van der Waals surface area contributed by atoms with E-state index in [-0.39, 0.29) is 17.2 Å². The number of nitrogens with zero attached hydrogens (tertiary/aromatic N) is 1. The third kappa shape index (κ3) is 3.30. The van der Waals surface area contributed by atoms with Crippen molar-refractivity contribution in [2.24, 2.45) is 7.05 Å². The van der Waals surface area contributed by atoms with Crippen LogP contribution in [0.3, 0.4) is 0 Å². The highest BCUT2D eigenvalue weighted by Crippen LogP contribution is 2.21. The molecular weight excluding hydrogens is 316 g/mol. The Hall–Kier alpha value is -3.34. The number of benzene rings is 2. The van der Waals surface area contributed by atoms with Gasteiger partial charge in [0.05, 0.1) is 11.3 Å². The number of para-hydroxylation sites is 2. The van der Waals surface area contributed by atoms with Crippen LogP contribution < -0.4 is 5.32 Å². The van der Waals surface area contributed by atoms with Crippen molar-refractivity contribution < 1.29 is 14.7 Å². The van der Waals surface area contributed by atoms with Crippen molar-refractivity contribution in [3.05, 3.63) is 71.4 Å². The quantitative estimate of drug-likeness (QED) is 0.710. The maximum absolute atomic E-state index is 12.4. The fraction of sp³-hybridized carbons (Fsp3) is 0.100. The predicted molar refractivity (Wildman–Crippen MR) is 98.6 cm³/mol. The van der Waals surface area contributed by atoms with Crippen molar-refractivity contribution >= 4 is 34.5 Å². The lowest BCUT2D eigenvalue weighted by atomic mass is 10.1. The second-order valence-corrected chi connectivity index (χ2v) is 5.82. The van der Waals surface area contributed by atoms with Crippen molar-refractivity contribution in [2.75, 3.05) is 5.32 Å². The molecule has 1 amide bonds. The normalized spacial score (nSPS) is 11.5. The lowest BCUT2D eigenvalue weighted by Gasteiger charge is -2.08. The molecule has 5 nitrogen and oxygen atoms in total. The predicted octanol–water partition coefficient (Wildman–Crippen LogP) is 3.92. The van der Waals surface area contributed by atoms with Crippen LogP contribution in [0.1, 0.15) is 23.0 Å². The van der Waals surface area contributed by atoms with Crippen molar-refractivity contribution in [2.45, 2.75) is 6.92 Å². The molecule has 0 saturated heterocycles. The SMILES string of the molecule is C/C(=C\c1cc2ccccc2n1C)C(=O)Nc1ccccc1C(=O)O. The van der Waals surface area contributed by atoms with Gasteiger partial charge in [0.25, 0.3) is 5.91 Å². The molecule has 0 bridgehead atoms. The first kappa shape index (κ1) is 16.5. The lowest BCUT2D eigenvalue weighted by Crippen LogP contribution is -2.15. The summed E-state index contributed by atoms with van der Waals surface area (Å²) in [6.45, 7) is 1.70. The average Bonchev–Trinajstić information content (AvgIpc) is 2.91. The summed E-state index contributed by atoms with van der Waals surface area (Å²) in [5.74, 6) is -1.41. The zero-order valence-corrected chi connectivity index (χ0v) is 14.0. The Morgan fingerprint density at radius 3 is 2.48 bits per heavy atom. The van der Waals surface area contributed by atoms with E-state index in [1.807, 2.05) is 41.9 Å². The molecule has 2 N–H and O–H groups in total. The van der Waals surface area contributed by atoms with Gasteiger partial charge < -0.3 is 15.0 Å². The summed E-state index contributed by atoms with van der Waals surface area (Å²) in [4.78, 5) is 23.7. The van der Waals surface area contributed by atoms with Gasteiger partial charge >= 0.3 is 5.97 Å². The summed E-state index contributed by atoms with van der Waals surface area (Å²) in [7, 11) is 1.94. The lowest BCUT2D eigenvalue weighted by molar-refractivity contribution is -0.112. The minimum Gasteiger partial charge on any atom is -0.478 e. The van der Waals surface area contributed by atoms with Gasteiger partial charge in [0, 0.05) is 29.2 Å². The van der Waals surface area contributed by atoms with Crippen LogP contribution in [0.15, 0.2) is 60.2 Å². The molecule has 0 saturated carbocycles. The molecule has 3 rings (SSSR count). The Morgan fingerprint density at radius 1 is 1.08 bits per heavy atom. The molecule has 0 aliphatic rings. The van der Waals surface area contributed by atoms with Crippen LogP contribution >= 0.6 is 0 Å². The standard InChI is InChI=1S/C20H18N2O3/c1-13(11-15-12-14-7-3-6-10-18(14)22(15)2)19(23)21-17-9-5-4-8-16(17)20(24)25/h3-12H,1-2H3,(H,21,23)(H,24,25)/b13-11+. The fourth-order valence-corrected chi connectivity index (χ4v) is 2.74. The number of hydrogen-bond donors (Lipinski definition) is 2. The van der Waals surface area contributed by atoms with E-state index in [2.05, 4.69) is 5.32 Å². The molecule has 2 aromatic carbocycles. The largest absolute Gasteiger partial charge is 0.478 e. The highest BCUT2D eigenvalue weighted by molar-refractivity contribution is 6.09. The van der Waals surface area contributed by atoms with E-state index >= 15 is 0 Å². The van der Waals surface area contributed by atoms with Gasteiger partial charge in [-0.05, 0) is 37.3 Å². The number of carbonyl (C=O) groups excluding carboxylic acids is 1. The number of anilines is 1. The maximum Gasteiger partial charge on any atom is 0.337 e. The Balaban J connectivity index is 1.88. The van der Waals surface area contributed by atoms with E-state index in [0.29, 0.717) is 5.57 Å². The fourth-order valence-electron chi connectivity index (χ4n) is 2.74. The van der Waals surface area contributed by atoms with Crippen LogP contribution in [0, 0.1) is 0 Å². The van der Waals surface area contributed by atoms with Gasteiger partial charge in [-0.2, -0.15) is 0 Å². The molecule has 3 aromatic rings. The van der Waals surface area contributed by atoms with Gasteiger partial charge in [-0.3, -0.25) is 4.79 Å². The molecule has 0 unspecified atom stereocenters. The van der Waals surface area contributed by atoms with Gasteiger partial charge in [0.15, 0.2) is 0 Å². The summed E-state index contributed by atoms with van der Waals surface area (Å²) in [6, 6.07) is 16.3. The van der Waals surface area contributed by atoms with Gasteiger partial charge in [0.1, 0.15) is 0 Å². The summed E-state index contributed by atoms with van der Waals surface area (Å²) in [6.07, 6.45) is 1.79. The molecule has 1 heterocycles. The van der Waals surface area contributed by atoms with Crippen molar-refractivity contribution in [1.29, 1.82) is 0 Å². The third-order valence-electron chi connectivity index (χ3n) is 4.12. The highest BCUT2D eigenvalue weighted by atomic mass is 16.4. The molecule has 25 heavy (non-hydrogen) atoms. The number of nitrogens with one attached hydrogen (secondary N) is 1. The first-order valence-corrected chi connectivity index (χ1v) is 7.84. The number of hydrogen-bond acceptors (Lipinski definition) is 2. The van der Waals surface area contributed by atoms with E-state index < -0.39 is 5.97 Å². The molecule has 0 aliphatic carbocycles. The summed E-state index contributed by atoms with van der Waals surface area (Å²) in [5, 5.41) is 13.0. The second kappa shape index (κ2) is 6.65. The Bertz CT molecular complexity index is 999. The van der Waals surface area contributed by atoms with Crippen molar-refractivity contribution in [3.8, 4) is 0 Å². The van der Waals surface area contributed by atoms with Crippen LogP contribution in [-0.4, -0.2) is 21.6 Å². The smallest absolute Gasteiger partial charge is 0.337 e. The number of amides is 1. The number of rotatable bonds is 4. The zero-order valence-electron chi connectivity index (χ0n) is 14.0. The molecule has 5 heteroatoms. The summed E-state index contributed by atoms with van der Waals surface area (Å²) >= 11 is 0. The van der Waals surface area contributed by atoms with Crippen LogP contribution in [0.5, 0.6) is 0 Å². The minimum absolute atomic E-state index is 0.0632. The monoisotopic (exact) mass is 334 g/mol. The van der Waals surface area contributed by atoms with Crippen LogP contribution in [0.25, 0.3) is 17.0 Å². The van der Waals surface area contributed by atoms with E-state index in [1.165, 1.54) is 6.07 Å². The number of fused-ring (bicyclic) bond motifs is 1. The Morgan fingerprint density at radius 2 is 1.76 bits per heavy atom. The number of aromatic carboxylic acids is 1.